The van der Waals surface area contributed by atoms with Crippen LogP contribution >= 0.6 is 0 Å². The summed E-state index contributed by atoms with van der Waals surface area (Å²) in [5.74, 6) is 0. The van der Waals surface area contributed by atoms with E-state index in [0.717, 1.165) is 0 Å². The molecule has 0 aromatic rings. The molecule has 4 nitrogen and oxygen atoms in total. The van der Waals surface area contributed by atoms with Crippen LogP contribution in [0.2, 0.25) is 0 Å². The maximum absolute atomic E-state index is 9.27. The molecule has 0 aliphatic carbocycles. The van der Waals surface area contributed by atoms with Gasteiger partial charge in [0.25, 0.3) is 0 Å². The smallest absolute Gasteiger partial charge is 0.111 e. The summed E-state index contributed by atoms with van der Waals surface area (Å²) in [5, 5.41) is 27.2. The Morgan fingerprint density at radius 1 is 1.18 bits per heavy atom. The molecular formula is C7H14O4. The van der Waals surface area contributed by atoms with E-state index in [1.807, 2.05) is 6.92 Å². The van der Waals surface area contributed by atoms with E-state index in [4.69, 9.17) is 9.84 Å². The van der Waals surface area contributed by atoms with Gasteiger partial charge in [0.1, 0.15) is 18.3 Å². The summed E-state index contributed by atoms with van der Waals surface area (Å²) < 4.78 is 5.13. The minimum Gasteiger partial charge on any atom is -0.394 e. The lowest BCUT2D eigenvalue weighted by atomic mass is 10.1. The van der Waals surface area contributed by atoms with Crippen molar-refractivity contribution in [3.05, 3.63) is 0 Å². The molecule has 1 rings (SSSR count). The van der Waals surface area contributed by atoms with Crippen LogP contribution in [0.25, 0.3) is 0 Å². The topological polar surface area (TPSA) is 69.9 Å². The Balaban J connectivity index is 2.53. The van der Waals surface area contributed by atoms with E-state index in [0.29, 0.717) is 6.42 Å². The number of rotatable bonds is 2. The molecule has 1 saturated heterocycles. The van der Waals surface area contributed by atoms with Gasteiger partial charge in [-0.05, 0) is 6.42 Å². The molecule has 0 aromatic carbocycles. The quantitative estimate of drug-likeness (QED) is 0.481. The molecule has 1 fully saturated rings. The molecule has 0 radical (unpaired) electrons. The average molecular weight is 162 g/mol. The van der Waals surface area contributed by atoms with Crippen LogP contribution in [0.1, 0.15) is 13.3 Å². The van der Waals surface area contributed by atoms with Crippen molar-refractivity contribution in [2.75, 3.05) is 6.61 Å². The van der Waals surface area contributed by atoms with E-state index in [9.17, 15) is 10.2 Å². The Bertz CT molecular complexity index is 110. The molecule has 3 N–H and O–H groups in total. The highest BCUT2D eigenvalue weighted by molar-refractivity contribution is 4.89. The number of ether oxygens (including phenoxy) is 1. The summed E-state index contributed by atoms with van der Waals surface area (Å²) in [6, 6.07) is 0. The van der Waals surface area contributed by atoms with E-state index in [-0.39, 0.29) is 12.7 Å². The molecule has 1 aliphatic heterocycles. The summed E-state index contributed by atoms with van der Waals surface area (Å²) in [4.78, 5) is 0. The molecule has 0 amide bonds. The molecule has 1 aliphatic rings. The number of hydrogen-bond donors (Lipinski definition) is 3. The third kappa shape index (κ3) is 1.54. The van der Waals surface area contributed by atoms with Crippen molar-refractivity contribution >= 4 is 0 Å². The van der Waals surface area contributed by atoms with Crippen LogP contribution in [-0.4, -0.2) is 46.3 Å². The summed E-state index contributed by atoms with van der Waals surface area (Å²) in [5.41, 5.74) is 0. The second-order valence-electron chi connectivity index (χ2n) is 2.78. The van der Waals surface area contributed by atoms with Gasteiger partial charge in [-0.1, -0.05) is 6.92 Å². The van der Waals surface area contributed by atoms with Crippen LogP contribution in [0.15, 0.2) is 0 Å². The van der Waals surface area contributed by atoms with E-state index >= 15 is 0 Å². The molecule has 4 heteroatoms. The molecule has 4 atom stereocenters. The van der Waals surface area contributed by atoms with Crippen molar-refractivity contribution in [2.24, 2.45) is 0 Å². The Hall–Kier alpha value is -0.160. The maximum atomic E-state index is 9.27. The predicted octanol–water partition coefficient (Wildman–Crippen LogP) is -1.12. The number of hydrogen-bond acceptors (Lipinski definition) is 4. The van der Waals surface area contributed by atoms with Crippen molar-refractivity contribution in [3.63, 3.8) is 0 Å². The van der Waals surface area contributed by atoms with Gasteiger partial charge < -0.3 is 20.1 Å². The summed E-state index contributed by atoms with van der Waals surface area (Å²) in [6.45, 7) is 1.62. The first-order valence-corrected chi connectivity index (χ1v) is 3.83. The third-order valence-electron chi connectivity index (χ3n) is 2.04. The van der Waals surface area contributed by atoms with E-state index < -0.39 is 18.3 Å². The maximum Gasteiger partial charge on any atom is 0.111 e. The van der Waals surface area contributed by atoms with E-state index in [2.05, 4.69) is 0 Å². The molecule has 66 valence electrons. The minimum atomic E-state index is -0.940. The average Bonchev–Trinajstić information content (AvgIpc) is 2.30. The summed E-state index contributed by atoms with van der Waals surface area (Å²) in [7, 11) is 0. The lowest BCUT2D eigenvalue weighted by Crippen LogP contribution is -2.33. The molecule has 0 saturated carbocycles. The fourth-order valence-corrected chi connectivity index (χ4v) is 1.31. The predicted molar refractivity (Wildman–Crippen MR) is 38.1 cm³/mol. The Kier molecular flexibility index (Phi) is 2.84. The highest BCUT2D eigenvalue weighted by atomic mass is 16.6. The molecule has 0 aromatic heterocycles. The van der Waals surface area contributed by atoms with Crippen molar-refractivity contribution in [3.8, 4) is 0 Å². The van der Waals surface area contributed by atoms with Crippen LogP contribution in [0, 0.1) is 0 Å². The van der Waals surface area contributed by atoms with Crippen LogP contribution < -0.4 is 0 Å². The monoisotopic (exact) mass is 162 g/mol. The largest absolute Gasteiger partial charge is 0.394 e. The fraction of sp³-hybridized carbons (Fsp3) is 1.00. The van der Waals surface area contributed by atoms with Crippen molar-refractivity contribution in [1.82, 2.24) is 0 Å². The number of aliphatic hydroxyl groups excluding tert-OH is 3. The Morgan fingerprint density at radius 2 is 1.73 bits per heavy atom. The van der Waals surface area contributed by atoms with Crippen molar-refractivity contribution < 1.29 is 20.1 Å². The first kappa shape index (κ1) is 8.93. The first-order chi connectivity index (χ1) is 5.20. The third-order valence-corrected chi connectivity index (χ3v) is 2.04. The van der Waals surface area contributed by atoms with Crippen molar-refractivity contribution in [1.29, 1.82) is 0 Å². The van der Waals surface area contributed by atoms with E-state index in [1.165, 1.54) is 0 Å². The fourth-order valence-electron chi connectivity index (χ4n) is 1.31. The van der Waals surface area contributed by atoms with Gasteiger partial charge in [0.05, 0.1) is 12.7 Å². The van der Waals surface area contributed by atoms with Gasteiger partial charge in [0.2, 0.25) is 0 Å². The molecule has 11 heavy (non-hydrogen) atoms. The lowest BCUT2D eigenvalue weighted by molar-refractivity contribution is -0.0226. The zero-order chi connectivity index (χ0) is 8.43. The van der Waals surface area contributed by atoms with Gasteiger partial charge in [0, 0.05) is 0 Å². The summed E-state index contributed by atoms with van der Waals surface area (Å²) in [6.07, 6.45) is -2.09. The second-order valence-corrected chi connectivity index (χ2v) is 2.78. The van der Waals surface area contributed by atoms with E-state index in [1.54, 1.807) is 0 Å². The van der Waals surface area contributed by atoms with Gasteiger partial charge in [-0.2, -0.15) is 0 Å². The van der Waals surface area contributed by atoms with Crippen molar-refractivity contribution in [2.45, 2.75) is 37.8 Å². The lowest BCUT2D eigenvalue weighted by Gasteiger charge is -2.11. The Labute approximate surface area is 65.4 Å². The first-order valence-electron chi connectivity index (χ1n) is 3.83. The standard InChI is InChI=1S/C7H14O4/c1-2-4-6(9)7(10)5(3-8)11-4/h4-10H,2-3H2,1H3/t4-,5-,6?,7?/m0/s1. The molecule has 1 heterocycles. The molecular weight excluding hydrogens is 148 g/mol. The van der Waals surface area contributed by atoms with Gasteiger partial charge >= 0.3 is 0 Å². The normalized spacial score (nSPS) is 44.7. The van der Waals surface area contributed by atoms with Gasteiger partial charge in [-0.3, -0.25) is 0 Å². The molecule has 0 spiro atoms. The zero-order valence-corrected chi connectivity index (χ0v) is 6.47. The highest BCUT2D eigenvalue weighted by Gasteiger charge is 2.40. The second kappa shape index (κ2) is 3.49. The SMILES string of the molecule is CC[C@@H]1O[C@@H](CO)C(O)C1O. The number of aliphatic hydroxyl groups is 3. The van der Waals surface area contributed by atoms with Crippen LogP contribution in [-0.2, 0) is 4.74 Å². The molecule has 0 bridgehead atoms. The van der Waals surface area contributed by atoms with Gasteiger partial charge in [-0.25, -0.2) is 0 Å². The Morgan fingerprint density at radius 3 is 2.00 bits per heavy atom. The zero-order valence-electron chi connectivity index (χ0n) is 6.47. The van der Waals surface area contributed by atoms with Gasteiger partial charge in [-0.15, -0.1) is 0 Å². The minimum absolute atomic E-state index is 0.241. The van der Waals surface area contributed by atoms with Gasteiger partial charge in [0.15, 0.2) is 0 Å². The van der Waals surface area contributed by atoms with Crippen LogP contribution in [0.3, 0.4) is 0 Å². The molecule has 2 unspecified atom stereocenters. The van der Waals surface area contributed by atoms with Crippen LogP contribution in [0.4, 0.5) is 0 Å². The summed E-state index contributed by atoms with van der Waals surface area (Å²) >= 11 is 0. The highest BCUT2D eigenvalue weighted by Crippen LogP contribution is 2.22. The van der Waals surface area contributed by atoms with Crippen LogP contribution in [0.5, 0.6) is 0 Å².